The normalized spacial score (nSPS) is 20.7. The summed E-state index contributed by atoms with van der Waals surface area (Å²) < 4.78 is 0. The summed E-state index contributed by atoms with van der Waals surface area (Å²) in [5.41, 5.74) is 2.25. The standard InChI is InChI=1S/C17H24O2/c1-2-3-4-5-17(19)14-8-6-13(7-9-14)15-10-11-16(18)12-15/h6-9,15,17,19H,2-5,10-12H2,1H3/t15-,17?/m1/s1. The van der Waals surface area contributed by atoms with E-state index in [1.807, 2.05) is 12.1 Å². The van der Waals surface area contributed by atoms with Gasteiger partial charge in [-0.1, -0.05) is 50.5 Å². The molecule has 1 aliphatic carbocycles. The molecular formula is C17H24O2. The summed E-state index contributed by atoms with van der Waals surface area (Å²) in [6.45, 7) is 2.17. The summed E-state index contributed by atoms with van der Waals surface area (Å²) in [5, 5.41) is 10.1. The molecular weight excluding hydrogens is 236 g/mol. The van der Waals surface area contributed by atoms with Crippen LogP contribution in [0.3, 0.4) is 0 Å². The topological polar surface area (TPSA) is 37.3 Å². The van der Waals surface area contributed by atoms with E-state index in [1.54, 1.807) is 0 Å². The average molecular weight is 260 g/mol. The smallest absolute Gasteiger partial charge is 0.133 e. The van der Waals surface area contributed by atoms with Crippen LogP contribution in [0.2, 0.25) is 0 Å². The minimum Gasteiger partial charge on any atom is -0.388 e. The maximum Gasteiger partial charge on any atom is 0.133 e. The van der Waals surface area contributed by atoms with Gasteiger partial charge in [0, 0.05) is 12.8 Å². The minimum atomic E-state index is -0.342. The van der Waals surface area contributed by atoms with E-state index in [4.69, 9.17) is 0 Å². The van der Waals surface area contributed by atoms with Crippen LogP contribution in [-0.4, -0.2) is 10.9 Å². The largest absolute Gasteiger partial charge is 0.388 e. The van der Waals surface area contributed by atoms with Gasteiger partial charge in [-0.05, 0) is 29.9 Å². The molecule has 0 radical (unpaired) electrons. The quantitative estimate of drug-likeness (QED) is 0.781. The lowest BCUT2D eigenvalue weighted by atomic mass is 9.95. The number of hydrogen-bond donors (Lipinski definition) is 1. The van der Waals surface area contributed by atoms with Crippen LogP contribution in [0.1, 0.15) is 75.0 Å². The Hall–Kier alpha value is -1.15. The average Bonchev–Trinajstić information content (AvgIpc) is 2.86. The summed E-state index contributed by atoms with van der Waals surface area (Å²) in [7, 11) is 0. The predicted octanol–water partition coefficient (Wildman–Crippen LogP) is 4.14. The van der Waals surface area contributed by atoms with Crippen molar-refractivity contribution in [2.24, 2.45) is 0 Å². The van der Waals surface area contributed by atoms with Gasteiger partial charge in [0.1, 0.15) is 5.78 Å². The van der Waals surface area contributed by atoms with Crippen LogP contribution in [0.4, 0.5) is 0 Å². The van der Waals surface area contributed by atoms with E-state index in [9.17, 15) is 9.90 Å². The molecule has 1 aromatic rings. The van der Waals surface area contributed by atoms with E-state index >= 15 is 0 Å². The molecule has 2 heteroatoms. The van der Waals surface area contributed by atoms with E-state index in [0.29, 0.717) is 18.1 Å². The van der Waals surface area contributed by atoms with Gasteiger partial charge < -0.3 is 5.11 Å². The Balaban J connectivity index is 1.92. The van der Waals surface area contributed by atoms with E-state index in [1.165, 1.54) is 18.4 Å². The monoisotopic (exact) mass is 260 g/mol. The third-order valence-corrected chi connectivity index (χ3v) is 4.12. The third-order valence-electron chi connectivity index (χ3n) is 4.12. The van der Waals surface area contributed by atoms with E-state index in [-0.39, 0.29) is 6.10 Å². The molecule has 1 aliphatic rings. The lowest BCUT2D eigenvalue weighted by Crippen LogP contribution is -1.99. The first-order chi connectivity index (χ1) is 9.20. The Labute approximate surface area is 115 Å². The van der Waals surface area contributed by atoms with Crippen molar-refractivity contribution >= 4 is 5.78 Å². The highest BCUT2D eigenvalue weighted by molar-refractivity contribution is 5.81. The van der Waals surface area contributed by atoms with Crippen molar-refractivity contribution in [3.05, 3.63) is 35.4 Å². The molecule has 0 saturated heterocycles. The fourth-order valence-electron chi connectivity index (χ4n) is 2.84. The van der Waals surface area contributed by atoms with Gasteiger partial charge in [0.2, 0.25) is 0 Å². The molecule has 0 amide bonds. The molecule has 1 N–H and O–H groups in total. The van der Waals surface area contributed by atoms with Gasteiger partial charge in [-0.3, -0.25) is 4.79 Å². The zero-order valence-corrected chi connectivity index (χ0v) is 11.8. The van der Waals surface area contributed by atoms with Crippen LogP contribution >= 0.6 is 0 Å². The number of Topliss-reactive ketones (excluding diaryl/α,β-unsaturated/α-hetero) is 1. The number of hydrogen-bond acceptors (Lipinski definition) is 2. The van der Waals surface area contributed by atoms with Crippen LogP contribution in [0.15, 0.2) is 24.3 Å². The highest BCUT2D eigenvalue weighted by Crippen LogP contribution is 2.32. The Kier molecular flexibility index (Phi) is 5.15. The van der Waals surface area contributed by atoms with Crippen LogP contribution in [0.5, 0.6) is 0 Å². The molecule has 104 valence electrons. The molecule has 2 rings (SSSR count). The molecule has 0 aliphatic heterocycles. The molecule has 2 nitrogen and oxygen atoms in total. The van der Waals surface area contributed by atoms with Gasteiger partial charge in [0.05, 0.1) is 6.10 Å². The Morgan fingerprint density at radius 3 is 2.58 bits per heavy atom. The van der Waals surface area contributed by atoms with Crippen molar-refractivity contribution in [2.45, 2.75) is 63.9 Å². The van der Waals surface area contributed by atoms with Crippen LogP contribution in [-0.2, 0) is 4.79 Å². The molecule has 19 heavy (non-hydrogen) atoms. The summed E-state index contributed by atoms with van der Waals surface area (Å²) in [5.74, 6) is 0.785. The van der Waals surface area contributed by atoms with Crippen LogP contribution in [0, 0.1) is 0 Å². The summed E-state index contributed by atoms with van der Waals surface area (Å²) in [4.78, 5) is 11.3. The van der Waals surface area contributed by atoms with Crippen LogP contribution < -0.4 is 0 Å². The van der Waals surface area contributed by atoms with Crippen molar-refractivity contribution < 1.29 is 9.90 Å². The molecule has 0 bridgehead atoms. The first-order valence-corrected chi connectivity index (χ1v) is 7.50. The summed E-state index contributed by atoms with van der Waals surface area (Å²) in [6, 6.07) is 8.22. The van der Waals surface area contributed by atoms with Gasteiger partial charge in [0.15, 0.2) is 0 Å². The van der Waals surface area contributed by atoms with Crippen molar-refractivity contribution in [1.29, 1.82) is 0 Å². The highest BCUT2D eigenvalue weighted by Gasteiger charge is 2.23. The molecule has 0 spiro atoms. The number of rotatable bonds is 6. The first-order valence-electron chi connectivity index (χ1n) is 7.50. The minimum absolute atomic E-state index is 0.342. The van der Waals surface area contributed by atoms with Gasteiger partial charge in [0.25, 0.3) is 0 Å². The van der Waals surface area contributed by atoms with Crippen molar-refractivity contribution in [2.75, 3.05) is 0 Å². The number of ketones is 1. The zero-order chi connectivity index (χ0) is 13.7. The van der Waals surface area contributed by atoms with Gasteiger partial charge in [-0.15, -0.1) is 0 Å². The Morgan fingerprint density at radius 2 is 2.00 bits per heavy atom. The first kappa shape index (κ1) is 14.3. The fourth-order valence-corrected chi connectivity index (χ4v) is 2.84. The van der Waals surface area contributed by atoms with Crippen molar-refractivity contribution in [3.8, 4) is 0 Å². The second-order valence-corrected chi connectivity index (χ2v) is 5.66. The van der Waals surface area contributed by atoms with Crippen LogP contribution in [0.25, 0.3) is 0 Å². The molecule has 1 saturated carbocycles. The number of unbranched alkanes of at least 4 members (excludes halogenated alkanes) is 2. The lowest BCUT2D eigenvalue weighted by molar-refractivity contribution is -0.117. The zero-order valence-electron chi connectivity index (χ0n) is 11.8. The molecule has 1 unspecified atom stereocenters. The highest BCUT2D eigenvalue weighted by atomic mass is 16.3. The van der Waals surface area contributed by atoms with E-state index in [0.717, 1.165) is 31.2 Å². The summed E-state index contributed by atoms with van der Waals surface area (Å²) >= 11 is 0. The van der Waals surface area contributed by atoms with E-state index < -0.39 is 0 Å². The van der Waals surface area contributed by atoms with Gasteiger partial charge in [-0.2, -0.15) is 0 Å². The Bertz CT molecular complexity index is 408. The molecule has 1 aromatic carbocycles. The maximum absolute atomic E-state index is 11.3. The number of aliphatic hydroxyl groups is 1. The SMILES string of the molecule is CCCCCC(O)c1ccc([C@@H]2CCC(=O)C2)cc1. The molecule has 0 aromatic heterocycles. The second kappa shape index (κ2) is 6.85. The van der Waals surface area contributed by atoms with E-state index in [2.05, 4.69) is 19.1 Å². The fraction of sp³-hybridized carbons (Fsp3) is 0.588. The van der Waals surface area contributed by atoms with Gasteiger partial charge in [-0.25, -0.2) is 0 Å². The molecule has 0 heterocycles. The Morgan fingerprint density at radius 1 is 1.26 bits per heavy atom. The number of aliphatic hydroxyl groups excluding tert-OH is 1. The third kappa shape index (κ3) is 3.90. The summed E-state index contributed by atoms with van der Waals surface area (Å²) in [6.07, 6.45) is 6.35. The number of benzene rings is 1. The van der Waals surface area contributed by atoms with Gasteiger partial charge >= 0.3 is 0 Å². The molecule has 2 atom stereocenters. The number of carbonyl (C=O) groups excluding carboxylic acids is 1. The molecule has 1 fully saturated rings. The maximum atomic E-state index is 11.3. The van der Waals surface area contributed by atoms with Crippen molar-refractivity contribution in [3.63, 3.8) is 0 Å². The predicted molar refractivity (Wildman–Crippen MR) is 77.1 cm³/mol. The second-order valence-electron chi connectivity index (χ2n) is 5.66. The van der Waals surface area contributed by atoms with Crippen molar-refractivity contribution in [1.82, 2.24) is 0 Å². The number of carbonyl (C=O) groups is 1. The lowest BCUT2D eigenvalue weighted by Gasteiger charge is -2.13.